The summed E-state index contributed by atoms with van der Waals surface area (Å²) in [5.74, 6) is 1.86. The highest BCUT2D eigenvalue weighted by molar-refractivity contribution is 7.99. The first kappa shape index (κ1) is 15.1. The molecule has 2 rings (SSSR count). The number of benzene rings is 1. The Morgan fingerprint density at radius 3 is 2.50 bits per heavy atom. The number of nitrogens with two attached hydrogens (primary N) is 1. The van der Waals surface area contributed by atoms with Crippen LogP contribution in [-0.2, 0) is 6.54 Å². The molecule has 4 nitrogen and oxygen atoms in total. The Morgan fingerprint density at radius 2 is 1.90 bits per heavy atom. The van der Waals surface area contributed by atoms with Crippen molar-refractivity contribution in [1.29, 1.82) is 0 Å². The summed E-state index contributed by atoms with van der Waals surface area (Å²) in [7, 11) is 0. The summed E-state index contributed by atoms with van der Waals surface area (Å²) < 4.78 is 2.15. The molecule has 0 bridgehead atoms. The van der Waals surface area contributed by atoms with Gasteiger partial charge in [-0.1, -0.05) is 55.4 Å². The highest BCUT2D eigenvalue weighted by Gasteiger charge is 2.17. The Morgan fingerprint density at radius 1 is 1.20 bits per heavy atom. The summed E-state index contributed by atoms with van der Waals surface area (Å²) in [6.07, 6.45) is 0.864. The Hall–Kier alpha value is -1.33. The molecule has 1 atom stereocenters. The number of nitrogens with zero attached hydrogens (tertiary/aromatic N) is 3. The minimum atomic E-state index is -0.0563. The minimum Gasteiger partial charge on any atom is -0.321 e. The zero-order chi connectivity index (χ0) is 14.5. The van der Waals surface area contributed by atoms with Crippen molar-refractivity contribution >= 4 is 11.8 Å². The predicted molar refractivity (Wildman–Crippen MR) is 83.9 cm³/mol. The maximum atomic E-state index is 6.15. The van der Waals surface area contributed by atoms with Crippen LogP contribution in [0.15, 0.2) is 29.4 Å². The van der Waals surface area contributed by atoms with Crippen LogP contribution in [0.3, 0.4) is 0 Å². The average molecular weight is 290 g/mol. The predicted octanol–water partition coefficient (Wildman–Crippen LogP) is 3.16. The van der Waals surface area contributed by atoms with Gasteiger partial charge in [-0.15, -0.1) is 10.2 Å². The molecule has 0 saturated carbocycles. The van der Waals surface area contributed by atoms with E-state index in [0.717, 1.165) is 29.7 Å². The molecule has 1 aromatic heterocycles. The molecule has 0 aliphatic carbocycles. The SMILES string of the molecule is CCSc1nnc(C(N)CC)n1Cc1ccc(C)cc1. The molecule has 1 heterocycles. The van der Waals surface area contributed by atoms with Gasteiger partial charge in [0.25, 0.3) is 0 Å². The third kappa shape index (κ3) is 3.41. The largest absolute Gasteiger partial charge is 0.321 e. The molecule has 1 unspecified atom stereocenters. The van der Waals surface area contributed by atoms with Crippen LogP contribution < -0.4 is 5.73 Å². The van der Waals surface area contributed by atoms with Gasteiger partial charge in [0.05, 0.1) is 12.6 Å². The van der Waals surface area contributed by atoms with Gasteiger partial charge < -0.3 is 10.3 Å². The Labute approximate surface area is 124 Å². The molecule has 0 spiro atoms. The fourth-order valence-corrected chi connectivity index (χ4v) is 2.69. The second-order valence-corrected chi connectivity index (χ2v) is 6.09. The molecule has 5 heteroatoms. The van der Waals surface area contributed by atoms with Gasteiger partial charge in [-0.2, -0.15) is 0 Å². The van der Waals surface area contributed by atoms with E-state index in [2.05, 4.69) is 59.8 Å². The van der Waals surface area contributed by atoms with Crippen LogP contribution >= 0.6 is 11.8 Å². The van der Waals surface area contributed by atoms with Gasteiger partial charge in [-0.05, 0) is 24.7 Å². The zero-order valence-corrected chi connectivity index (χ0v) is 13.2. The van der Waals surface area contributed by atoms with E-state index < -0.39 is 0 Å². The summed E-state index contributed by atoms with van der Waals surface area (Å²) in [6.45, 7) is 7.06. The van der Waals surface area contributed by atoms with Crippen molar-refractivity contribution in [2.24, 2.45) is 5.73 Å². The molecule has 0 fully saturated rings. The molecule has 0 amide bonds. The highest BCUT2D eigenvalue weighted by atomic mass is 32.2. The highest BCUT2D eigenvalue weighted by Crippen LogP contribution is 2.22. The summed E-state index contributed by atoms with van der Waals surface area (Å²) in [4.78, 5) is 0. The van der Waals surface area contributed by atoms with Gasteiger partial charge in [0.15, 0.2) is 11.0 Å². The van der Waals surface area contributed by atoms with E-state index >= 15 is 0 Å². The molecule has 0 saturated heterocycles. The molecule has 1 aromatic carbocycles. The molecule has 2 aromatic rings. The summed E-state index contributed by atoms with van der Waals surface area (Å²) in [6, 6.07) is 8.50. The number of rotatable bonds is 6. The quantitative estimate of drug-likeness (QED) is 0.830. The maximum absolute atomic E-state index is 6.15. The van der Waals surface area contributed by atoms with Crippen LogP contribution in [0, 0.1) is 6.92 Å². The van der Waals surface area contributed by atoms with Crippen LogP contribution in [0.25, 0.3) is 0 Å². The fraction of sp³-hybridized carbons (Fsp3) is 0.467. The Balaban J connectivity index is 2.31. The van der Waals surface area contributed by atoms with Gasteiger partial charge in [0.2, 0.25) is 0 Å². The third-order valence-corrected chi connectivity index (χ3v) is 4.10. The van der Waals surface area contributed by atoms with Crippen molar-refractivity contribution in [1.82, 2.24) is 14.8 Å². The van der Waals surface area contributed by atoms with E-state index in [0.29, 0.717) is 0 Å². The second kappa shape index (κ2) is 6.90. The number of hydrogen-bond donors (Lipinski definition) is 1. The van der Waals surface area contributed by atoms with E-state index in [-0.39, 0.29) is 6.04 Å². The fourth-order valence-electron chi connectivity index (χ4n) is 2.02. The zero-order valence-electron chi connectivity index (χ0n) is 12.3. The smallest absolute Gasteiger partial charge is 0.191 e. The van der Waals surface area contributed by atoms with Crippen molar-refractivity contribution in [3.63, 3.8) is 0 Å². The minimum absolute atomic E-state index is 0.0563. The monoisotopic (exact) mass is 290 g/mol. The lowest BCUT2D eigenvalue weighted by Gasteiger charge is -2.13. The molecule has 108 valence electrons. The first-order chi connectivity index (χ1) is 9.65. The number of hydrogen-bond acceptors (Lipinski definition) is 4. The lowest BCUT2D eigenvalue weighted by atomic mass is 10.1. The number of aromatic nitrogens is 3. The van der Waals surface area contributed by atoms with E-state index in [1.165, 1.54) is 11.1 Å². The Bertz CT molecular complexity index is 548. The first-order valence-electron chi connectivity index (χ1n) is 7.02. The van der Waals surface area contributed by atoms with E-state index in [9.17, 15) is 0 Å². The molecule has 2 N–H and O–H groups in total. The lowest BCUT2D eigenvalue weighted by Crippen LogP contribution is -2.17. The lowest BCUT2D eigenvalue weighted by molar-refractivity contribution is 0.578. The normalized spacial score (nSPS) is 12.6. The van der Waals surface area contributed by atoms with Crippen LogP contribution in [0.1, 0.15) is 43.3 Å². The van der Waals surface area contributed by atoms with Crippen LogP contribution in [0.2, 0.25) is 0 Å². The third-order valence-electron chi connectivity index (χ3n) is 3.25. The van der Waals surface area contributed by atoms with Crippen molar-refractivity contribution < 1.29 is 0 Å². The van der Waals surface area contributed by atoms with Gasteiger partial charge in [-0.25, -0.2) is 0 Å². The number of aryl methyl sites for hydroxylation is 1. The van der Waals surface area contributed by atoms with Gasteiger partial charge in [0, 0.05) is 0 Å². The van der Waals surface area contributed by atoms with Gasteiger partial charge in [-0.3, -0.25) is 0 Å². The second-order valence-electron chi connectivity index (χ2n) is 4.86. The molecule has 0 radical (unpaired) electrons. The Kier molecular flexibility index (Phi) is 5.20. The maximum Gasteiger partial charge on any atom is 0.191 e. The van der Waals surface area contributed by atoms with E-state index in [4.69, 9.17) is 5.73 Å². The molecule has 0 aliphatic rings. The number of thioether (sulfide) groups is 1. The van der Waals surface area contributed by atoms with Crippen LogP contribution in [0.5, 0.6) is 0 Å². The van der Waals surface area contributed by atoms with E-state index in [1.54, 1.807) is 11.8 Å². The van der Waals surface area contributed by atoms with Crippen LogP contribution in [0.4, 0.5) is 0 Å². The molecule has 20 heavy (non-hydrogen) atoms. The molecular weight excluding hydrogens is 268 g/mol. The summed E-state index contributed by atoms with van der Waals surface area (Å²) >= 11 is 1.71. The topological polar surface area (TPSA) is 56.7 Å². The van der Waals surface area contributed by atoms with E-state index in [1.807, 2.05) is 0 Å². The van der Waals surface area contributed by atoms with Crippen molar-refractivity contribution in [2.75, 3.05) is 5.75 Å². The van der Waals surface area contributed by atoms with Crippen molar-refractivity contribution in [3.8, 4) is 0 Å². The summed E-state index contributed by atoms with van der Waals surface area (Å²) in [5, 5.41) is 9.52. The summed E-state index contributed by atoms with van der Waals surface area (Å²) in [5.41, 5.74) is 8.67. The van der Waals surface area contributed by atoms with Crippen molar-refractivity contribution in [2.45, 2.75) is 44.9 Å². The first-order valence-corrected chi connectivity index (χ1v) is 8.01. The average Bonchev–Trinajstić information content (AvgIpc) is 2.84. The van der Waals surface area contributed by atoms with Crippen molar-refractivity contribution in [3.05, 3.63) is 41.2 Å². The van der Waals surface area contributed by atoms with Gasteiger partial charge >= 0.3 is 0 Å². The molecular formula is C15H22N4S. The van der Waals surface area contributed by atoms with Gasteiger partial charge in [0.1, 0.15) is 0 Å². The standard InChI is InChI=1S/C15H22N4S/c1-4-13(16)14-17-18-15(20-5-2)19(14)10-12-8-6-11(3)7-9-12/h6-9,13H,4-5,10,16H2,1-3H3. The molecule has 0 aliphatic heterocycles. The van der Waals surface area contributed by atoms with Crippen LogP contribution in [-0.4, -0.2) is 20.5 Å².